The third kappa shape index (κ3) is 1.26. The molecule has 0 radical (unpaired) electrons. The van der Waals surface area contributed by atoms with Crippen molar-refractivity contribution in [3.63, 3.8) is 0 Å². The standard InChI is InChI=1S/C16H12N2/c1-2-7-13-12(6-1)15-14(18-13)9-8-11-5-3-4-10-17-16(11)15/h1-9,17H,10H2. The van der Waals surface area contributed by atoms with Crippen molar-refractivity contribution in [1.82, 2.24) is 0 Å². The van der Waals surface area contributed by atoms with Gasteiger partial charge in [0.1, 0.15) is 0 Å². The van der Waals surface area contributed by atoms with Crippen molar-refractivity contribution in [3.8, 4) is 11.1 Å². The smallest absolute Gasteiger partial charge is 0.0737 e. The van der Waals surface area contributed by atoms with Gasteiger partial charge in [0.05, 0.1) is 16.7 Å². The van der Waals surface area contributed by atoms with Crippen LogP contribution in [0.1, 0.15) is 0 Å². The Labute approximate surface area is 105 Å². The summed E-state index contributed by atoms with van der Waals surface area (Å²) in [5.74, 6) is 0. The molecule has 86 valence electrons. The number of para-hydroxylation sites is 1. The summed E-state index contributed by atoms with van der Waals surface area (Å²) < 4.78 is 0. The maximum atomic E-state index is 4.68. The topological polar surface area (TPSA) is 24.4 Å². The van der Waals surface area contributed by atoms with Crippen molar-refractivity contribution in [2.45, 2.75) is 0 Å². The van der Waals surface area contributed by atoms with E-state index in [1.165, 1.54) is 22.0 Å². The number of anilines is 1. The monoisotopic (exact) mass is 232 g/mol. The predicted molar refractivity (Wildman–Crippen MR) is 74.4 cm³/mol. The first-order valence-corrected chi connectivity index (χ1v) is 6.15. The van der Waals surface area contributed by atoms with Gasteiger partial charge < -0.3 is 5.32 Å². The lowest BCUT2D eigenvalue weighted by Gasteiger charge is -2.09. The van der Waals surface area contributed by atoms with Crippen LogP contribution in [-0.2, 0) is 0 Å². The van der Waals surface area contributed by atoms with Gasteiger partial charge in [0, 0.05) is 17.7 Å². The van der Waals surface area contributed by atoms with E-state index >= 15 is 0 Å². The van der Waals surface area contributed by atoms with Gasteiger partial charge in [-0.3, -0.25) is 0 Å². The minimum atomic E-state index is 0.863. The van der Waals surface area contributed by atoms with E-state index in [0.29, 0.717) is 0 Å². The molecule has 0 atom stereocenters. The van der Waals surface area contributed by atoms with Crippen molar-refractivity contribution >= 4 is 17.5 Å². The second kappa shape index (κ2) is 3.57. The Morgan fingerprint density at radius 2 is 2.00 bits per heavy atom. The average molecular weight is 232 g/mol. The molecule has 18 heavy (non-hydrogen) atoms. The highest BCUT2D eigenvalue weighted by molar-refractivity contribution is 5.88. The van der Waals surface area contributed by atoms with Crippen LogP contribution in [0.2, 0.25) is 0 Å². The zero-order valence-electron chi connectivity index (χ0n) is 9.85. The Bertz CT molecular complexity index is 785. The molecule has 0 aromatic heterocycles. The van der Waals surface area contributed by atoms with Gasteiger partial charge in [-0.05, 0) is 17.4 Å². The summed E-state index contributed by atoms with van der Waals surface area (Å²) in [5, 5.41) is 5.79. The molecule has 2 heteroatoms. The number of nitrogens with zero attached hydrogens (tertiary/aromatic N) is 1. The van der Waals surface area contributed by atoms with Crippen LogP contribution in [0, 0.1) is 0 Å². The fourth-order valence-electron chi connectivity index (χ4n) is 2.62. The Kier molecular flexibility index (Phi) is 1.92. The SMILES string of the molecule is C1=CCNc2c3c(ccc2=C1)=Nc1ccccc1-3. The molecule has 2 nitrogen and oxygen atoms in total. The average Bonchev–Trinajstić information content (AvgIpc) is 2.61. The van der Waals surface area contributed by atoms with Gasteiger partial charge in [-0.2, -0.15) is 0 Å². The third-order valence-electron chi connectivity index (χ3n) is 3.44. The molecule has 0 bridgehead atoms. The number of hydrogen-bond donors (Lipinski definition) is 1. The fraction of sp³-hybridized carbons (Fsp3) is 0.0625. The molecular weight excluding hydrogens is 220 g/mol. The molecule has 0 unspecified atom stereocenters. The highest BCUT2D eigenvalue weighted by Gasteiger charge is 2.17. The highest BCUT2D eigenvalue weighted by atomic mass is 14.9. The molecule has 0 fully saturated rings. The lowest BCUT2D eigenvalue weighted by molar-refractivity contribution is 1.32. The summed E-state index contributed by atoms with van der Waals surface area (Å²) in [5.41, 5.74) is 4.74. The Hall–Kier alpha value is -2.35. The molecule has 0 spiro atoms. The van der Waals surface area contributed by atoms with E-state index in [1.807, 2.05) is 6.07 Å². The maximum Gasteiger partial charge on any atom is 0.0737 e. The van der Waals surface area contributed by atoms with Gasteiger partial charge in [0.2, 0.25) is 0 Å². The molecule has 2 aromatic rings. The van der Waals surface area contributed by atoms with Crippen LogP contribution >= 0.6 is 0 Å². The number of benzene rings is 2. The van der Waals surface area contributed by atoms with Gasteiger partial charge in [-0.25, -0.2) is 4.99 Å². The van der Waals surface area contributed by atoms with E-state index < -0.39 is 0 Å². The largest absolute Gasteiger partial charge is 0.381 e. The first-order chi connectivity index (χ1) is 8.93. The molecule has 2 aromatic carbocycles. The zero-order valence-corrected chi connectivity index (χ0v) is 9.85. The maximum absolute atomic E-state index is 4.68. The van der Waals surface area contributed by atoms with Gasteiger partial charge in [0.25, 0.3) is 0 Å². The van der Waals surface area contributed by atoms with Crippen LogP contribution in [0.3, 0.4) is 0 Å². The molecule has 1 N–H and O–H groups in total. The highest BCUT2D eigenvalue weighted by Crippen LogP contribution is 2.35. The van der Waals surface area contributed by atoms with E-state index in [2.05, 4.69) is 58.9 Å². The quantitative estimate of drug-likeness (QED) is 0.632. The van der Waals surface area contributed by atoms with Crippen molar-refractivity contribution in [2.24, 2.45) is 4.99 Å². The Morgan fingerprint density at radius 1 is 1.06 bits per heavy atom. The van der Waals surface area contributed by atoms with Crippen molar-refractivity contribution in [2.75, 3.05) is 11.9 Å². The number of nitrogens with one attached hydrogen (secondary N) is 1. The lowest BCUT2D eigenvalue weighted by atomic mass is 10.0. The summed E-state index contributed by atoms with van der Waals surface area (Å²) in [4.78, 5) is 4.68. The minimum Gasteiger partial charge on any atom is -0.381 e. The normalized spacial score (nSPS) is 14.4. The molecule has 4 rings (SSSR count). The van der Waals surface area contributed by atoms with E-state index in [1.54, 1.807) is 0 Å². The number of rotatable bonds is 0. The van der Waals surface area contributed by atoms with Crippen molar-refractivity contribution in [3.05, 3.63) is 59.1 Å². The second-order valence-corrected chi connectivity index (χ2v) is 4.53. The lowest BCUT2D eigenvalue weighted by Crippen LogP contribution is -2.17. The fourth-order valence-corrected chi connectivity index (χ4v) is 2.62. The van der Waals surface area contributed by atoms with Gasteiger partial charge in [-0.15, -0.1) is 0 Å². The molecule has 2 heterocycles. The van der Waals surface area contributed by atoms with E-state index in [4.69, 9.17) is 0 Å². The van der Waals surface area contributed by atoms with E-state index in [0.717, 1.165) is 17.6 Å². The molecule has 0 aliphatic carbocycles. The first-order valence-electron chi connectivity index (χ1n) is 6.15. The van der Waals surface area contributed by atoms with Crippen LogP contribution in [-0.4, -0.2) is 6.54 Å². The Morgan fingerprint density at radius 3 is 3.00 bits per heavy atom. The number of fused-ring (bicyclic) bond motifs is 5. The van der Waals surface area contributed by atoms with E-state index in [-0.39, 0.29) is 0 Å². The second-order valence-electron chi connectivity index (χ2n) is 4.53. The third-order valence-corrected chi connectivity index (χ3v) is 3.44. The van der Waals surface area contributed by atoms with Crippen LogP contribution in [0.4, 0.5) is 11.4 Å². The van der Waals surface area contributed by atoms with Crippen LogP contribution < -0.4 is 15.9 Å². The Balaban J connectivity index is 2.12. The van der Waals surface area contributed by atoms with Crippen LogP contribution in [0.5, 0.6) is 0 Å². The molecule has 2 aliphatic heterocycles. The summed E-state index contributed by atoms with van der Waals surface area (Å²) >= 11 is 0. The van der Waals surface area contributed by atoms with Gasteiger partial charge in [-0.1, -0.05) is 42.5 Å². The first kappa shape index (κ1) is 9.66. The van der Waals surface area contributed by atoms with Crippen LogP contribution in [0.25, 0.3) is 17.2 Å². The molecule has 0 saturated heterocycles. The molecule has 0 amide bonds. The van der Waals surface area contributed by atoms with Gasteiger partial charge >= 0.3 is 0 Å². The minimum absolute atomic E-state index is 0.863. The summed E-state index contributed by atoms with van der Waals surface area (Å²) in [6.07, 6.45) is 6.38. The summed E-state index contributed by atoms with van der Waals surface area (Å²) in [7, 11) is 0. The number of allylic oxidation sites excluding steroid dienone is 1. The molecule has 2 aliphatic rings. The molecule has 0 saturated carbocycles. The van der Waals surface area contributed by atoms with Crippen molar-refractivity contribution < 1.29 is 0 Å². The summed E-state index contributed by atoms with van der Waals surface area (Å²) in [6, 6.07) is 12.6. The van der Waals surface area contributed by atoms with E-state index in [9.17, 15) is 0 Å². The van der Waals surface area contributed by atoms with Crippen LogP contribution in [0.15, 0.2) is 53.5 Å². The molecular formula is C16H12N2. The predicted octanol–water partition coefficient (Wildman–Crippen LogP) is 2.38. The zero-order chi connectivity index (χ0) is 11.9. The summed E-state index contributed by atoms with van der Waals surface area (Å²) in [6.45, 7) is 0.863. The van der Waals surface area contributed by atoms with Gasteiger partial charge in [0.15, 0.2) is 0 Å². The van der Waals surface area contributed by atoms with Crippen molar-refractivity contribution in [1.29, 1.82) is 0 Å². The number of hydrogen-bond acceptors (Lipinski definition) is 2.